The van der Waals surface area contributed by atoms with Crippen LogP contribution in [0, 0.1) is 0 Å². The van der Waals surface area contributed by atoms with Gasteiger partial charge in [-0.05, 0) is 24.6 Å². The normalized spacial score (nSPS) is 12.0. The second-order valence-electron chi connectivity index (χ2n) is 5.89. The zero-order valence-corrected chi connectivity index (χ0v) is 16.7. The van der Waals surface area contributed by atoms with Crippen molar-refractivity contribution in [2.45, 2.75) is 17.3 Å². The molecule has 28 heavy (non-hydrogen) atoms. The standard InChI is InChI=1S/C20H18N4O2S2/c1-2-26-14-8-9-15-16(12-14)23-20(22-15)28-17(13-6-4-3-5-7-13)18(25)24-19-21-10-11-27-19/h3-12,17H,2H2,1H3,(H,22,23)(H,21,24,25)/t17-/m0/s1. The summed E-state index contributed by atoms with van der Waals surface area (Å²) in [5.41, 5.74) is 2.61. The van der Waals surface area contributed by atoms with Gasteiger partial charge in [-0.15, -0.1) is 11.3 Å². The topological polar surface area (TPSA) is 79.9 Å². The number of anilines is 1. The summed E-state index contributed by atoms with van der Waals surface area (Å²) < 4.78 is 5.55. The van der Waals surface area contributed by atoms with Gasteiger partial charge in [0.1, 0.15) is 11.0 Å². The van der Waals surface area contributed by atoms with Crippen molar-refractivity contribution in [3.63, 3.8) is 0 Å². The van der Waals surface area contributed by atoms with Crippen LogP contribution in [0.2, 0.25) is 0 Å². The molecule has 0 spiro atoms. The molecule has 142 valence electrons. The zero-order chi connectivity index (χ0) is 19.3. The quantitative estimate of drug-likeness (QED) is 0.424. The summed E-state index contributed by atoms with van der Waals surface area (Å²) in [6, 6.07) is 15.4. The molecule has 2 N–H and O–H groups in total. The summed E-state index contributed by atoms with van der Waals surface area (Å²) in [7, 11) is 0. The molecule has 0 aliphatic rings. The minimum atomic E-state index is -0.461. The van der Waals surface area contributed by atoms with E-state index in [0.717, 1.165) is 22.3 Å². The molecule has 1 amide bonds. The van der Waals surface area contributed by atoms with Crippen LogP contribution in [-0.4, -0.2) is 27.5 Å². The highest BCUT2D eigenvalue weighted by Gasteiger charge is 2.24. The van der Waals surface area contributed by atoms with Crippen LogP contribution < -0.4 is 10.1 Å². The summed E-state index contributed by atoms with van der Waals surface area (Å²) in [5.74, 6) is 0.651. The van der Waals surface area contributed by atoms with Crippen molar-refractivity contribution in [3.05, 3.63) is 65.7 Å². The number of nitrogens with zero attached hydrogens (tertiary/aromatic N) is 2. The average Bonchev–Trinajstić information content (AvgIpc) is 3.36. The van der Waals surface area contributed by atoms with Crippen molar-refractivity contribution in [1.82, 2.24) is 15.0 Å². The SMILES string of the molecule is CCOc1ccc2nc(S[C@H](C(=O)Nc3nccs3)c3ccccc3)[nH]c2c1. The molecule has 0 radical (unpaired) electrons. The molecule has 0 saturated heterocycles. The fourth-order valence-corrected chi connectivity index (χ4v) is 4.28. The van der Waals surface area contributed by atoms with Crippen LogP contribution in [0.4, 0.5) is 5.13 Å². The molecule has 0 saturated carbocycles. The number of benzene rings is 2. The molecule has 0 unspecified atom stereocenters. The largest absolute Gasteiger partial charge is 0.494 e. The highest BCUT2D eigenvalue weighted by atomic mass is 32.2. The van der Waals surface area contributed by atoms with E-state index in [4.69, 9.17) is 4.74 Å². The van der Waals surface area contributed by atoms with E-state index in [0.29, 0.717) is 16.9 Å². The summed E-state index contributed by atoms with van der Waals surface area (Å²) in [6.45, 7) is 2.55. The lowest BCUT2D eigenvalue weighted by molar-refractivity contribution is -0.115. The second kappa shape index (κ2) is 8.45. The molecule has 1 atom stereocenters. The zero-order valence-electron chi connectivity index (χ0n) is 15.1. The molecular weight excluding hydrogens is 392 g/mol. The maximum atomic E-state index is 12.9. The first-order chi connectivity index (χ1) is 13.7. The number of aromatic amines is 1. The van der Waals surface area contributed by atoms with E-state index in [2.05, 4.69) is 20.3 Å². The smallest absolute Gasteiger partial charge is 0.244 e. The first kappa shape index (κ1) is 18.5. The maximum absolute atomic E-state index is 12.9. The van der Waals surface area contributed by atoms with Crippen molar-refractivity contribution >= 4 is 45.2 Å². The number of thiazole rings is 1. The molecule has 2 aromatic heterocycles. The molecule has 2 aromatic carbocycles. The van der Waals surface area contributed by atoms with E-state index in [9.17, 15) is 4.79 Å². The lowest BCUT2D eigenvalue weighted by atomic mass is 10.1. The molecule has 0 fully saturated rings. The minimum absolute atomic E-state index is 0.137. The predicted molar refractivity (Wildman–Crippen MR) is 113 cm³/mol. The van der Waals surface area contributed by atoms with Crippen LogP contribution >= 0.6 is 23.1 Å². The Morgan fingerprint density at radius 3 is 2.89 bits per heavy atom. The number of fused-ring (bicyclic) bond motifs is 1. The minimum Gasteiger partial charge on any atom is -0.494 e. The number of hydrogen-bond acceptors (Lipinski definition) is 6. The molecule has 0 bridgehead atoms. The Labute approximate surface area is 170 Å². The van der Waals surface area contributed by atoms with E-state index >= 15 is 0 Å². The van der Waals surface area contributed by atoms with Gasteiger partial charge in [0.15, 0.2) is 10.3 Å². The predicted octanol–water partition coefficient (Wildman–Crippen LogP) is 4.89. The van der Waals surface area contributed by atoms with Gasteiger partial charge in [-0.3, -0.25) is 4.79 Å². The lowest BCUT2D eigenvalue weighted by Crippen LogP contribution is -2.19. The Kier molecular flexibility index (Phi) is 5.59. The average molecular weight is 411 g/mol. The Balaban J connectivity index is 1.61. The second-order valence-corrected chi connectivity index (χ2v) is 7.88. The van der Waals surface area contributed by atoms with Crippen molar-refractivity contribution in [2.24, 2.45) is 0 Å². The molecule has 4 rings (SSSR count). The van der Waals surface area contributed by atoms with Crippen molar-refractivity contribution in [1.29, 1.82) is 0 Å². The number of amides is 1. The Bertz CT molecular complexity index is 1060. The Morgan fingerprint density at radius 1 is 1.29 bits per heavy atom. The molecule has 6 nitrogen and oxygen atoms in total. The van der Waals surface area contributed by atoms with Gasteiger partial charge in [0.2, 0.25) is 5.91 Å². The van der Waals surface area contributed by atoms with Crippen molar-refractivity contribution < 1.29 is 9.53 Å². The van der Waals surface area contributed by atoms with E-state index in [1.54, 1.807) is 6.20 Å². The summed E-state index contributed by atoms with van der Waals surface area (Å²) in [4.78, 5) is 25.0. The Morgan fingerprint density at radius 2 is 2.14 bits per heavy atom. The van der Waals surface area contributed by atoms with Gasteiger partial charge in [0.05, 0.1) is 17.6 Å². The molecule has 4 aromatic rings. The van der Waals surface area contributed by atoms with Crippen LogP contribution in [0.5, 0.6) is 5.75 Å². The highest BCUT2D eigenvalue weighted by molar-refractivity contribution is 8.00. The third-order valence-corrected chi connectivity index (χ3v) is 5.80. The van der Waals surface area contributed by atoms with Crippen molar-refractivity contribution in [2.75, 3.05) is 11.9 Å². The van der Waals surface area contributed by atoms with Crippen LogP contribution in [0.3, 0.4) is 0 Å². The summed E-state index contributed by atoms with van der Waals surface area (Å²) >= 11 is 2.76. The van der Waals surface area contributed by atoms with Gasteiger partial charge < -0.3 is 15.0 Å². The molecule has 0 aliphatic heterocycles. The first-order valence-corrected chi connectivity index (χ1v) is 10.5. The number of imidazole rings is 1. The van der Waals surface area contributed by atoms with E-state index < -0.39 is 5.25 Å². The highest BCUT2D eigenvalue weighted by Crippen LogP contribution is 2.36. The van der Waals surface area contributed by atoms with Gasteiger partial charge in [0.25, 0.3) is 0 Å². The molecule has 2 heterocycles. The van der Waals surface area contributed by atoms with E-state index in [-0.39, 0.29) is 5.91 Å². The number of thioether (sulfide) groups is 1. The van der Waals surface area contributed by atoms with Crippen LogP contribution in [0.15, 0.2) is 65.3 Å². The third-order valence-electron chi connectivity index (χ3n) is 3.98. The van der Waals surface area contributed by atoms with Gasteiger partial charge in [0, 0.05) is 17.6 Å². The van der Waals surface area contributed by atoms with Gasteiger partial charge in [-0.2, -0.15) is 0 Å². The fourth-order valence-electron chi connectivity index (χ4n) is 2.75. The van der Waals surface area contributed by atoms with Gasteiger partial charge in [-0.25, -0.2) is 9.97 Å². The number of H-pyrrole nitrogens is 1. The van der Waals surface area contributed by atoms with Gasteiger partial charge >= 0.3 is 0 Å². The summed E-state index contributed by atoms with van der Waals surface area (Å²) in [5, 5.41) is 5.51. The summed E-state index contributed by atoms with van der Waals surface area (Å²) in [6.07, 6.45) is 1.67. The van der Waals surface area contributed by atoms with Crippen LogP contribution in [0.1, 0.15) is 17.7 Å². The monoisotopic (exact) mass is 410 g/mol. The molecular formula is C20H18N4O2S2. The number of rotatable bonds is 7. The molecule has 8 heteroatoms. The maximum Gasteiger partial charge on any atom is 0.244 e. The van der Waals surface area contributed by atoms with Crippen molar-refractivity contribution in [3.8, 4) is 5.75 Å². The number of carbonyl (C=O) groups is 1. The number of nitrogens with one attached hydrogen (secondary N) is 2. The van der Waals surface area contributed by atoms with E-state index in [1.165, 1.54) is 23.1 Å². The Hall–Kier alpha value is -2.84. The molecule has 0 aliphatic carbocycles. The number of carbonyl (C=O) groups excluding carboxylic acids is 1. The first-order valence-electron chi connectivity index (χ1n) is 8.77. The lowest BCUT2D eigenvalue weighted by Gasteiger charge is -2.14. The number of ether oxygens (including phenoxy) is 1. The number of hydrogen-bond donors (Lipinski definition) is 2. The van der Waals surface area contributed by atoms with Crippen LogP contribution in [0.25, 0.3) is 11.0 Å². The fraction of sp³-hybridized carbons (Fsp3) is 0.150. The van der Waals surface area contributed by atoms with Crippen LogP contribution in [-0.2, 0) is 4.79 Å². The van der Waals surface area contributed by atoms with E-state index in [1.807, 2.05) is 60.8 Å². The van der Waals surface area contributed by atoms with Gasteiger partial charge in [-0.1, -0.05) is 42.1 Å². The number of aromatic nitrogens is 3. The third kappa shape index (κ3) is 4.18.